The van der Waals surface area contributed by atoms with E-state index in [2.05, 4.69) is 0 Å². The largest absolute Gasteiger partial charge is 0.500 e. The third kappa shape index (κ3) is 7.46. The molecule has 0 spiro atoms. The van der Waals surface area contributed by atoms with E-state index in [-0.39, 0.29) is 0 Å². The van der Waals surface area contributed by atoms with Gasteiger partial charge in [-0.05, 0) is 13.3 Å². The molecule has 0 rings (SSSR count). The average molecular weight is 260 g/mol. The van der Waals surface area contributed by atoms with Gasteiger partial charge < -0.3 is 18.0 Å². The molecule has 0 saturated heterocycles. The fourth-order valence-corrected chi connectivity index (χ4v) is 3.03. The Morgan fingerprint density at radius 3 is 2.18 bits per heavy atom. The molecule has 0 aromatic rings. The lowest BCUT2D eigenvalue weighted by atomic mass is 10.4. The molecule has 5 heteroatoms. The van der Waals surface area contributed by atoms with Crippen LogP contribution >= 0.6 is 0 Å². The van der Waals surface area contributed by atoms with Gasteiger partial charge in [0.05, 0.1) is 6.61 Å². The zero-order valence-electron chi connectivity index (χ0n) is 11.3. The highest BCUT2D eigenvalue weighted by molar-refractivity contribution is 6.60. The Kier molecular flexibility index (Phi) is 10.4. The van der Waals surface area contributed by atoms with Gasteiger partial charge in [-0.15, -0.1) is 0 Å². The van der Waals surface area contributed by atoms with Crippen LogP contribution in [0.15, 0.2) is 24.3 Å². The second kappa shape index (κ2) is 10.7. The first-order valence-corrected chi connectivity index (χ1v) is 7.69. The highest BCUT2D eigenvalue weighted by Gasteiger charge is 2.36. The Labute approximate surface area is 106 Å². The van der Waals surface area contributed by atoms with Crippen LogP contribution in [-0.2, 0) is 18.0 Å². The lowest BCUT2D eigenvalue weighted by Crippen LogP contribution is -2.42. The molecule has 17 heavy (non-hydrogen) atoms. The van der Waals surface area contributed by atoms with Crippen LogP contribution in [0.3, 0.4) is 0 Å². The maximum Gasteiger partial charge on any atom is 0.500 e. The summed E-state index contributed by atoms with van der Waals surface area (Å²) in [6.07, 6.45) is 8.78. The van der Waals surface area contributed by atoms with Crippen molar-refractivity contribution < 1.29 is 18.0 Å². The van der Waals surface area contributed by atoms with Crippen LogP contribution in [0.5, 0.6) is 0 Å². The van der Waals surface area contributed by atoms with E-state index in [0.717, 1.165) is 12.5 Å². The van der Waals surface area contributed by atoms with Crippen molar-refractivity contribution in [3.8, 4) is 0 Å². The molecule has 4 nitrogen and oxygen atoms in total. The number of hydrogen-bond donors (Lipinski definition) is 0. The molecule has 0 aliphatic heterocycles. The van der Waals surface area contributed by atoms with Gasteiger partial charge in [0, 0.05) is 34.0 Å². The number of rotatable bonds is 10. The first kappa shape index (κ1) is 16.5. The Bertz CT molecular complexity index is 216. The van der Waals surface area contributed by atoms with Gasteiger partial charge in [-0.3, -0.25) is 0 Å². The molecule has 0 atom stereocenters. The van der Waals surface area contributed by atoms with Gasteiger partial charge in [-0.2, -0.15) is 0 Å². The van der Waals surface area contributed by atoms with Crippen LogP contribution in [0.25, 0.3) is 0 Å². The fourth-order valence-electron chi connectivity index (χ4n) is 1.34. The van der Waals surface area contributed by atoms with Crippen molar-refractivity contribution in [1.82, 2.24) is 0 Å². The summed E-state index contributed by atoms with van der Waals surface area (Å²) in [6.45, 7) is 3.30. The molecule has 0 aliphatic carbocycles. The van der Waals surface area contributed by atoms with E-state index in [1.54, 1.807) is 21.3 Å². The van der Waals surface area contributed by atoms with Crippen molar-refractivity contribution in [2.45, 2.75) is 19.4 Å². The van der Waals surface area contributed by atoms with E-state index in [0.29, 0.717) is 13.2 Å². The van der Waals surface area contributed by atoms with Crippen LogP contribution in [-0.4, -0.2) is 43.3 Å². The maximum absolute atomic E-state index is 5.44. The predicted molar refractivity (Wildman–Crippen MR) is 71.0 cm³/mol. The Balaban J connectivity index is 3.62. The molecule has 0 N–H and O–H groups in total. The van der Waals surface area contributed by atoms with Crippen LogP contribution < -0.4 is 0 Å². The van der Waals surface area contributed by atoms with E-state index in [9.17, 15) is 0 Å². The lowest BCUT2D eigenvalue weighted by molar-refractivity contribution is 0.114. The molecule has 0 saturated carbocycles. The van der Waals surface area contributed by atoms with Crippen LogP contribution in [0.2, 0.25) is 6.04 Å². The summed E-state index contributed by atoms with van der Waals surface area (Å²) in [5, 5.41) is 0. The van der Waals surface area contributed by atoms with E-state index >= 15 is 0 Å². The monoisotopic (exact) mass is 260 g/mol. The van der Waals surface area contributed by atoms with Gasteiger partial charge in [0.15, 0.2) is 0 Å². The first-order valence-electron chi connectivity index (χ1n) is 5.75. The van der Waals surface area contributed by atoms with Crippen molar-refractivity contribution in [1.29, 1.82) is 0 Å². The van der Waals surface area contributed by atoms with Gasteiger partial charge in [-0.1, -0.05) is 24.3 Å². The van der Waals surface area contributed by atoms with Gasteiger partial charge >= 0.3 is 8.80 Å². The molecule has 0 unspecified atom stereocenters. The zero-order chi connectivity index (χ0) is 13.0. The highest BCUT2D eigenvalue weighted by atomic mass is 28.4. The van der Waals surface area contributed by atoms with Gasteiger partial charge in [-0.25, -0.2) is 0 Å². The summed E-state index contributed by atoms with van der Waals surface area (Å²) >= 11 is 0. The predicted octanol–water partition coefficient (Wildman–Crippen LogP) is 2.40. The van der Waals surface area contributed by atoms with Crippen LogP contribution in [0.4, 0.5) is 0 Å². The van der Waals surface area contributed by atoms with Gasteiger partial charge in [0.2, 0.25) is 0 Å². The molecular weight excluding hydrogens is 236 g/mol. The lowest BCUT2D eigenvalue weighted by Gasteiger charge is -2.24. The van der Waals surface area contributed by atoms with Crippen LogP contribution in [0, 0.1) is 0 Å². The van der Waals surface area contributed by atoms with Crippen molar-refractivity contribution in [2.24, 2.45) is 0 Å². The SMILES string of the molecule is C/C=C/C=C/COCCC[Si](OC)(OC)OC. The molecule has 0 radical (unpaired) electrons. The summed E-state index contributed by atoms with van der Waals surface area (Å²) < 4.78 is 21.4. The molecule has 0 heterocycles. The zero-order valence-corrected chi connectivity index (χ0v) is 12.3. The topological polar surface area (TPSA) is 36.9 Å². The molecule has 100 valence electrons. The Hall–Kier alpha value is -0.463. The standard InChI is InChI=1S/C12H24O4Si/c1-5-6-7-8-10-16-11-9-12-17(13-2,14-3)15-4/h5-8H,9-12H2,1-4H3/b6-5+,8-7+. The summed E-state index contributed by atoms with van der Waals surface area (Å²) in [5.41, 5.74) is 0. The highest BCUT2D eigenvalue weighted by Crippen LogP contribution is 2.14. The smallest absolute Gasteiger partial charge is 0.377 e. The quantitative estimate of drug-likeness (QED) is 0.343. The first-order chi connectivity index (χ1) is 8.24. The second-order valence-corrected chi connectivity index (χ2v) is 6.52. The molecule has 0 aliphatic rings. The molecule has 0 fully saturated rings. The van der Waals surface area contributed by atoms with E-state index in [1.807, 2.05) is 31.2 Å². The number of hydrogen-bond acceptors (Lipinski definition) is 4. The second-order valence-electron chi connectivity index (χ2n) is 3.43. The maximum atomic E-state index is 5.44. The van der Waals surface area contributed by atoms with Gasteiger partial charge in [0.1, 0.15) is 0 Å². The van der Waals surface area contributed by atoms with Crippen LogP contribution in [0.1, 0.15) is 13.3 Å². The van der Waals surface area contributed by atoms with Crippen molar-refractivity contribution in [3.63, 3.8) is 0 Å². The summed E-state index contributed by atoms with van der Waals surface area (Å²) in [5.74, 6) is 0. The minimum Gasteiger partial charge on any atom is -0.377 e. The van der Waals surface area contributed by atoms with Crippen molar-refractivity contribution in [2.75, 3.05) is 34.5 Å². The van der Waals surface area contributed by atoms with Crippen molar-refractivity contribution >= 4 is 8.80 Å². The summed E-state index contributed by atoms with van der Waals surface area (Å²) in [7, 11) is 2.47. The van der Waals surface area contributed by atoms with Crippen molar-refractivity contribution in [3.05, 3.63) is 24.3 Å². The third-order valence-corrected chi connectivity index (χ3v) is 5.19. The Morgan fingerprint density at radius 1 is 1.00 bits per heavy atom. The molecular formula is C12H24O4Si. The third-order valence-electron chi connectivity index (χ3n) is 2.36. The molecule has 0 aromatic carbocycles. The minimum atomic E-state index is -2.41. The molecule has 0 bridgehead atoms. The average Bonchev–Trinajstić information content (AvgIpc) is 2.38. The van der Waals surface area contributed by atoms with Gasteiger partial charge in [0.25, 0.3) is 0 Å². The van der Waals surface area contributed by atoms with E-state index in [1.165, 1.54) is 0 Å². The summed E-state index contributed by atoms with van der Waals surface area (Å²) in [4.78, 5) is 0. The van der Waals surface area contributed by atoms with E-state index < -0.39 is 8.80 Å². The van der Waals surface area contributed by atoms with E-state index in [4.69, 9.17) is 18.0 Å². The number of ether oxygens (including phenoxy) is 1. The number of allylic oxidation sites excluding steroid dienone is 3. The molecule has 0 aromatic heterocycles. The Morgan fingerprint density at radius 2 is 1.65 bits per heavy atom. The fraction of sp³-hybridized carbons (Fsp3) is 0.667. The minimum absolute atomic E-state index is 0.631. The normalized spacial score (nSPS) is 12.9. The summed E-state index contributed by atoms with van der Waals surface area (Å²) in [6, 6.07) is 0.773. The molecule has 0 amide bonds.